The molecule has 0 radical (unpaired) electrons. The van der Waals surface area contributed by atoms with Gasteiger partial charge in [-0.15, -0.1) is 0 Å². The van der Waals surface area contributed by atoms with Gasteiger partial charge < -0.3 is 10.1 Å². The molecular weight excluding hydrogens is 322 g/mol. The van der Waals surface area contributed by atoms with E-state index >= 15 is 0 Å². The Morgan fingerprint density at radius 1 is 1.12 bits per heavy atom. The first-order valence-electron chi connectivity index (χ1n) is 9.59. The first kappa shape index (κ1) is 20.0. The molecule has 2 aromatic carbocycles. The Bertz CT molecular complexity index is 692. The predicted octanol–water partition coefficient (Wildman–Crippen LogP) is 5.02. The van der Waals surface area contributed by atoms with Crippen LogP contribution in [0.4, 0.5) is 0 Å². The van der Waals surface area contributed by atoms with Crippen LogP contribution in [-0.4, -0.2) is 18.6 Å². The van der Waals surface area contributed by atoms with Crippen LogP contribution >= 0.6 is 0 Å². The smallest absolute Gasteiger partial charge is 0.261 e. The Balaban J connectivity index is 1.76. The number of benzene rings is 2. The van der Waals surface area contributed by atoms with E-state index in [2.05, 4.69) is 43.4 Å². The predicted molar refractivity (Wildman–Crippen MR) is 108 cm³/mol. The van der Waals surface area contributed by atoms with Gasteiger partial charge in [-0.1, -0.05) is 57.2 Å². The van der Waals surface area contributed by atoms with Gasteiger partial charge in [0.1, 0.15) is 5.75 Å². The number of nitrogens with one attached hydrogen (secondary N) is 1. The minimum atomic E-state index is -0.442. The molecule has 2 rings (SSSR count). The number of rotatable bonds is 9. The number of hydrogen-bond acceptors (Lipinski definition) is 2. The second kappa shape index (κ2) is 10.0. The summed E-state index contributed by atoms with van der Waals surface area (Å²) in [5.41, 5.74) is 3.80. The second-order valence-electron chi connectivity index (χ2n) is 7.12. The van der Waals surface area contributed by atoms with E-state index in [1.165, 1.54) is 11.1 Å². The summed E-state index contributed by atoms with van der Waals surface area (Å²) in [7, 11) is 0. The van der Waals surface area contributed by atoms with Gasteiger partial charge in [-0.05, 0) is 60.9 Å². The Morgan fingerprint density at radius 2 is 1.85 bits per heavy atom. The average Bonchev–Trinajstić information content (AvgIpc) is 2.63. The molecule has 1 amide bonds. The summed E-state index contributed by atoms with van der Waals surface area (Å²) in [6, 6.07) is 16.6. The van der Waals surface area contributed by atoms with Crippen LogP contribution in [-0.2, 0) is 11.2 Å². The van der Waals surface area contributed by atoms with E-state index in [1.54, 1.807) is 0 Å². The van der Waals surface area contributed by atoms with E-state index in [0.717, 1.165) is 24.2 Å². The minimum Gasteiger partial charge on any atom is -0.481 e. The lowest BCUT2D eigenvalue weighted by atomic mass is 10.0. The number of amides is 1. The molecule has 140 valence electrons. The molecule has 1 atom stereocenters. The summed E-state index contributed by atoms with van der Waals surface area (Å²) in [5.74, 6) is 1.27. The molecule has 0 saturated carbocycles. The quantitative estimate of drug-likeness (QED) is 0.643. The highest BCUT2D eigenvalue weighted by molar-refractivity contribution is 5.81. The van der Waals surface area contributed by atoms with Crippen molar-refractivity contribution >= 4 is 5.91 Å². The van der Waals surface area contributed by atoms with Crippen molar-refractivity contribution in [2.45, 2.75) is 59.0 Å². The fourth-order valence-corrected chi connectivity index (χ4v) is 2.86. The van der Waals surface area contributed by atoms with Crippen LogP contribution in [0.25, 0.3) is 0 Å². The van der Waals surface area contributed by atoms with Gasteiger partial charge in [-0.3, -0.25) is 4.79 Å². The number of hydrogen-bond donors (Lipinski definition) is 1. The number of carbonyl (C=O) groups excluding carboxylic acids is 1. The highest BCUT2D eigenvalue weighted by atomic mass is 16.5. The lowest BCUT2D eigenvalue weighted by molar-refractivity contribution is -0.128. The first-order valence-corrected chi connectivity index (χ1v) is 9.59. The van der Waals surface area contributed by atoms with E-state index < -0.39 is 6.10 Å². The van der Waals surface area contributed by atoms with E-state index in [4.69, 9.17) is 4.74 Å². The van der Waals surface area contributed by atoms with Gasteiger partial charge in [0.05, 0.1) is 0 Å². The van der Waals surface area contributed by atoms with Crippen LogP contribution in [0.3, 0.4) is 0 Å². The van der Waals surface area contributed by atoms with Crippen LogP contribution in [0.1, 0.15) is 56.2 Å². The van der Waals surface area contributed by atoms with Crippen LogP contribution < -0.4 is 10.1 Å². The summed E-state index contributed by atoms with van der Waals surface area (Å²) in [4.78, 5) is 12.4. The van der Waals surface area contributed by atoms with Crippen molar-refractivity contribution in [2.24, 2.45) is 0 Å². The summed E-state index contributed by atoms with van der Waals surface area (Å²) in [6.07, 6.45) is 2.10. The molecule has 26 heavy (non-hydrogen) atoms. The molecule has 0 bridgehead atoms. The Labute approximate surface area is 157 Å². The third kappa shape index (κ3) is 6.21. The fourth-order valence-electron chi connectivity index (χ4n) is 2.86. The summed E-state index contributed by atoms with van der Waals surface area (Å²) in [5, 5.41) is 3.00. The van der Waals surface area contributed by atoms with Gasteiger partial charge in [0.2, 0.25) is 0 Å². The molecule has 0 saturated heterocycles. The van der Waals surface area contributed by atoms with Crippen molar-refractivity contribution in [1.82, 2.24) is 5.32 Å². The highest BCUT2D eigenvalue weighted by Crippen LogP contribution is 2.16. The topological polar surface area (TPSA) is 38.3 Å². The number of ether oxygens (including phenoxy) is 1. The van der Waals surface area contributed by atoms with Crippen LogP contribution in [0.15, 0.2) is 48.5 Å². The molecule has 3 heteroatoms. The second-order valence-corrected chi connectivity index (χ2v) is 7.12. The molecule has 0 unspecified atom stereocenters. The van der Waals surface area contributed by atoms with Gasteiger partial charge >= 0.3 is 0 Å². The molecule has 0 aliphatic heterocycles. The normalized spacial score (nSPS) is 12.0. The van der Waals surface area contributed by atoms with E-state index in [-0.39, 0.29) is 5.91 Å². The Kier molecular flexibility index (Phi) is 7.71. The monoisotopic (exact) mass is 353 g/mol. The Morgan fingerprint density at radius 3 is 2.46 bits per heavy atom. The van der Waals surface area contributed by atoms with Gasteiger partial charge in [-0.25, -0.2) is 0 Å². The zero-order valence-corrected chi connectivity index (χ0v) is 16.4. The van der Waals surface area contributed by atoms with E-state index in [1.807, 2.05) is 38.1 Å². The fraction of sp³-hybridized carbons (Fsp3) is 0.435. The summed E-state index contributed by atoms with van der Waals surface area (Å²) in [6.45, 7) is 9.05. The largest absolute Gasteiger partial charge is 0.481 e. The van der Waals surface area contributed by atoms with Crippen molar-refractivity contribution < 1.29 is 9.53 Å². The van der Waals surface area contributed by atoms with Gasteiger partial charge in [0.15, 0.2) is 6.10 Å². The SMILES string of the molecule is CC[C@H](Oc1cccc(C)c1)C(=O)NCCCc1ccc(C(C)C)cc1. The molecular formula is C23H31NO2. The minimum absolute atomic E-state index is 0.0378. The molecule has 0 fully saturated rings. The number of aryl methyl sites for hydroxylation is 2. The maximum atomic E-state index is 12.4. The molecule has 0 heterocycles. The third-order valence-corrected chi connectivity index (χ3v) is 4.52. The number of carbonyl (C=O) groups is 1. The summed E-state index contributed by atoms with van der Waals surface area (Å²) >= 11 is 0. The van der Waals surface area contributed by atoms with Crippen molar-refractivity contribution in [3.05, 3.63) is 65.2 Å². The Hall–Kier alpha value is -2.29. The molecule has 3 nitrogen and oxygen atoms in total. The zero-order chi connectivity index (χ0) is 18.9. The maximum absolute atomic E-state index is 12.4. The highest BCUT2D eigenvalue weighted by Gasteiger charge is 2.17. The first-order chi connectivity index (χ1) is 12.5. The average molecular weight is 354 g/mol. The van der Waals surface area contributed by atoms with E-state index in [0.29, 0.717) is 18.9 Å². The molecule has 0 spiro atoms. The molecule has 0 aliphatic rings. The van der Waals surface area contributed by atoms with Crippen molar-refractivity contribution in [3.8, 4) is 5.75 Å². The molecule has 0 aliphatic carbocycles. The van der Waals surface area contributed by atoms with E-state index in [9.17, 15) is 4.79 Å². The van der Waals surface area contributed by atoms with Crippen LogP contribution in [0.5, 0.6) is 5.75 Å². The van der Waals surface area contributed by atoms with Gasteiger partial charge in [-0.2, -0.15) is 0 Å². The molecule has 1 N–H and O–H groups in total. The molecule has 2 aromatic rings. The molecule has 0 aromatic heterocycles. The van der Waals surface area contributed by atoms with Crippen molar-refractivity contribution in [1.29, 1.82) is 0 Å². The van der Waals surface area contributed by atoms with Crippen molar-refractivity contribution in [2.75, 3.05) is 6.54 Å². The van der Waals surface area contributed by atoms with Crippen LogP contribution in [0.2, 0.25) is 0 Å². The van der Waals surface area contributed by atoms with Gasteiger partial charge in [0, 0.05) is 6.54 Å². The lowest BCUT2D eigenvalue weighted by Crippen LogP contribution is -2.38. The zero-order valence-electron chi connectivity index (χ0n) is 16.4. The van der Waals surface area contributed by atoms with Crippen LogP contribution in [0, 0.1) is 6.92 Å². The third-order valence-electron chi connectivity index (χ3n) is 4.52. The van der Waals surface area contributed by atoms with Gasteiger partial charge in [0.25, 0.3) is 5.91 Å². The van der Waals surface area contributed by atoms with Crippen molar-refractivity contribution in [3.63, 3.8) is 0 Å². The standard InChI is InChI=1S/C23H31NO2/c1-5-22(26-21-10-6-8-18(4)16-21)23(25)24-15-7-9-19-11-13-20(14-12-19)17(2)3/h6,8,10-14,16-17,22H,5,7,9,15H2,1-4H3,(H,24,25)/t22-/m0/s1. The maximum Gasteiger partial charge on any atom is 0.261 e. The summed E-state index contributed by atoms with van der Waals surface area (Å²) < 4.78 is 5.85. The lowest BCUT2D eigenvalue weighted by Gasteiger charge is -2.17.